The molecule has 2 atom stereocenters. The zero-order chi connectivity index (χ0) is 24.2. The van der Waals surface area contributed by atoms with E-state index in [1.807, 2.05) is 18.2 Å². The molecule has 0 unspecified atom stereocenters. The van der Waals surface area contributed by atoms with Crippen molar-refractivity contribution in [2.45, 2.75) is 43.9 Å². The van der Waals surface area contributed by atoms with Gasteiger partial charge in [0.15, 0.2) is 0 Å². The average molecular weight is 484 g/mol. The zero-order valence-electron chi connectivity index (χ0n) is 19.6. The highest BCUT2D eigenvalue weighted by atomic mass is 19.1. The lowest BCUT2D eigenvalue weighted by Gasteiger charge is -2.24. The summed E-state index contributed by atoms with van der Waals surface area (Å²) in [5.74, 6) is 1.70. The van der Waals surface area contributed by atoms with Crippen LogP contribution in [0.25, 0.3) is 16.6 Å². The Morgan fingerprint density at radius 2 is 2.03 bits per heavy atom. The first kappa shape index (κ1) is 21.3. The van der Waals surface area contributed by atoms with Crippen LogP contribution in [0.2, 0.25) is 0 Å². The van der Waals surface area contributed by atoms with Crippen LogP contribution >= 0.6 is 0 Å². The van der Waals surface area contributed by atoms with E-state index in [2.05, 4.69) is 54.1 Å². The van der Waals surface area contributed by atoms with Crippen LogP contribution in [-0.4, -0.2) is 42.1 Å². The second-order valence-electron chi connectivity index (χ2n) is 9.85. The number of aromatic nitrogens is 5. The Morgan fingerprint density at radius 1 is 1.11 bits per heavy atom. The number of rotatable bonds is 6. The van der Waals surface area contributed by atoms with Crippen molar-refractivity contribution in [3.63, 3.8) is 0 Å². The predicted octanol–water partition coefficient (Wildman–Crippen LogP) is 4.55. The predicted molar refractivity (Wildman–Crippen MR) is 135 cm³/mol. The molecule has 36 heavy (non-hydrogen) atoms. The number of pyridine rings is 1. The minimum absolute atomic E-state index is 0.0968. The number of nitrogens with one attached hydrogen (secondary N) is 2. The summed E-state index contributed by atoms with van der Waals surface area (Å²) in [5, 5.41) is 14.7. The molecule has 182 valence electrons. The molecule has 5 aromatic rings. The normalized spacial score (nSPS) is 20.0. The monoisotopic (exact) mass is 483 g/mol. The summed E-state index contributed by atoms with van der Waals surface area (Å²) in [6, 6.07) is 11.3. The Morgan fingerprint density at radius 3 is 2.92 bits per heavy atom. The van der Waals surface area contributed by atoms with E-state index < -0.39 is 6.10 Å². The van der Waals surface area contributed by atoms with Crippen LogP contribution in [-0.2, 0) is 6.54 Å². The third kappa shape index (κ3) is 3.85. The molecule has 5 heterocycles. The first-order valence-electron chi connectivity index (χ1n) is 12.4. The molecule has 7 rings (SSSR count). The van der Waals surface area contributed by atoms with Crippen LogP contribution in [0.1, 0.15) is 48.0 Å². The number of imidazole rings is 1. The summed E-state index contributed by atoms with van der Waals surface area (Å²) >= 11 is 0. The molecule has 9 heteroatoms. The van der Waals surface area contributed by atoms with Crippen LogP contribution in [0.5, 0.6) is 0 Å². The first-order chi connectivity index (χ1) is 17.6. The van der Waals surface area contributed by atoms with Crippen molar-refractivity contribution in [3.05, 3.63) is 84.0 Å². The van der Waals surface area contributed by atoms with Crippen molar-refractivity contribution in [2.75, 3.05) is 16.8 Å². The van der Waals surface area contributed by atoms with Gasteiger partial charge in [-0.25, -0.2) is 19.3 Å². The Hall–Kier alpha value is -3.98. The van der Waals surface area contributed by atoms with Crippen molar-refractivity contribution < 1.29 is 9.50 Å². The molecule has 2 fully saturated rings. The van der Waals surface area contributed by atoms with E-state index in [0.29, 0.717) is 42.6 Å². The van der Waals surface area contributed by atoms with E-state index >= 15 is 0 Å². The summed E-state index contributed by atoms with van der Waals surface area (Å²) in [6.07, 6.45) is 10.2. The van der Waals surface area contributed by atoms with Gasteiger partial charge in [0.2, 0.25) is 0 Å². The number of anilines is 2. The van der Waals surface area contributed by atoms with Gasteiger partial charge in [0.1, 0.15) is 29.4 Å². The van der Waals surface area contributed by atoms with Gasteiger partial charge in [-0.2, -0.15) is 0 Å². The second kappa shape index (κ2) is 8.30. The maximum absolute atomic E-state index is 14.5. The highest BCUT2D eigenvalue weighted by Crippen LogP contribution is 2.40. The molecular formula is C27H26FN7O. The highest BCUT2D eigenvalue weighted by molar-refractivity contribution is 5.80. The van der Waals surface area contributed by atoms with Crippen LogP contribution in [0.4, 0.5) is 16.0 Å². The maximum atomic E-state index is 14.5. The summed E-state index contributed by atoms with van der Waals surface area (Å²) in [7, 11) is 0. The van der Waals surface area contributed by atoms with Gasteiger partial charge in [0.25, 0.3) is 0 Å². The molecule has 8 nitrogen and oxygen atoms in total. The number of hydrogen-bond donors (Lipinski definition) is 3. The number of H-pyrrole nitrogens is 1. The summed E-state index contributed by atoms with van der Waals surface area (Å²) in [4.78, 5) is 18.8. The van der Waals surface area contributed by atoms with E-state index in [1.165, 1.54) is 30.8 Å². The highest BCUT2D eigenvalue weighted by Gasteiger charge is 2.35. The molecule has 1 aromatic carbocycles. The number of hydrogen-bond acceptors (Lipinski definition) is 6. The lowest BCUT2D eigenvalue weighted by Crippen LogP contribution is -2.25. The molecule has 1 saturated heterocycles. The smallest absolute Gasteiger partial charge is 0.137 e. The van der Waals surface area contributed by atoms with Crippen molar-refractivity contribution >= 4 is 28.2 Å². The number of nitrogens with zero attached hydrogens (tertiary/aromatic N) is 5. The summed E-state index contributed by atoms with van der Waals surface area (Å²) < 4.78 is 16.6. The molecule has 1 saturated carbocycles. The molecule has 0 amide bonds. The van der Waals surface area contributed by atoms with Gasteiger partial charge in [0.05, 0.1) is 17.8 Å². The quantitative estimate of drug-likeness (QED) is 0.328. The zero-order valence-corrected chi connectivity index (χ0v) is 19.6. The van der Waals surface area contributed by atoms with Gasteiger partial charge in [-0.15, -0.1) is 0 Å². The summed E-state index contributed by atoms with van der Waals surface area (Å²) in [5.41, 5.74) is 4.51. The van der Waals surface area contributed by atoms with E-state index in [1.54, 1.807) is 6.20 Å². The molecule has 1 aliphatic heterocycles. The Bertz CT molecular complexity index is 1570. The van der Waals surface area contributed by atoms with Gasteiger partial charge in [-0.1, -0.05) is 6.07 Å². The van der Waals surface area contributed by atoms with Crippen molar-refractivity contribution in [1.29, 1.82) is 0 Å². The second-order valence-corrected chi connectivity index (χ2v) is 9.85. The number of aliphatic hydroxyl groups excluding tert-OH is 1. The molecule has 4 aromatic heterocycles. The maximum Gasteiger partial charge on any atom is 0.137 e. The topological polar surface area (TPSA) is 94.4 Å². The summed E-state index contributed by atoms with van der Waals surface area (Å²) in [6.45, 7) is 0.756. The molecule has 1 aliphatic carbocycles. The van der Waals surface area contributed by atoms with Crippen LogP contribution in [0, 0.1) is 5.82 Å². The fourth-order valence-electron chi connectivity index (χ4n) is 5.24. The van der Waals surface area contributed by atoms with E-state index in [0.717, 1.165) is 22.2 Å². The van der Waals surface area contributed by atoms with Gasteiger partial charge >= 0.3 is 0 Å². The minimum Gasteiger partial charge on any atom is -0.391 e. The van der Waals surface area contributed by atoms with E-state index in [9.17, 15) is 9.50 Å². The van der Waals surface area contributed by atoms with Crippen LogP contribution < -0.4 is 10.2 Å². The minimum atomic E-state index is -0.476. The molecule has 0 bridgehead atoms. The largest absolute Gasteiger partial charge is 0.391 e. The van der Waals surface area contributed by atoms with Crippen LogP contribution in [0.3, 0.4) is 0 Å². The number of benzene rings is 1. The number of aliphatic hydroxyl groups is 1. The standard InChI is InChI=1S/C27H26FN7O/c28-21-9-22-17(5-6-29-22)7-19(21)11-30-25-10-27(32-15-31-25)35-13-20(36)8-24(35)23-14-34-12-18(16-1-2-16)3-4-26(34)33-23/h3-7,9-10,12,14-16,20,24,29,36H,1-2,8,11,13H2,(H,30,31,32)/t20-,24+/m0/s1. The van der Waals surface area contributed by atoms with Gasteiger partial charge < -0.3 is 24.7 Å². The third-order valence-corrected chi connectivity index (χ3v) is 7.29. The van der Waals surface area contributed by atoms with Gasteiger partial charge in [-0.3, -0.25) is 0 Å². The molecule has 2 aliphatic rings. The molecule has 0 spiro atoms. The van der Waals surface area contributed by atoms with Gasteiger partial charge in [-0.05, 0) is 54.0 Å². The molecule has 3 N–H and O–H groups in total. The van der Waals surface area contributed by atoms with Gasteiger partial charge in [0, 0.05) is 55.2 Å². The van der Waals surface area contributed by atoms with Crippen molar-refractivity contribution in [2.24, 2.45) is 0 Å². The number of fused-ring (bicyclic) bond motifs is 2. The lowest BCUT2D eigenvalue weighted by molar-refractivity contribution is 0.194. The Labute approximate surface area is 206 Å². The average Bonchev–Trinajstić information content (AvgIpc) is 3.29. The Balaban J connectivity index is 1.13. The Kier molecular flexibility index (Phi) is 4.92. The lowest BCUT2D eigenvalue weighted by atomic mass is 10.1. The van der Waals surface area contributed by atoms with Crippen molar-refractivity contribution in [1.82, 2.24) is 24.3 Å². The SMILES string of the molecule is O[C@H]1C[C@H](c2cn3cc(C4CC4)ccc3n2)N(c2cc(NCc3cc4cc[nH]c4cc3F)ncn2)C1. The van der Waals surface area contributed by atoms with E-state index in [4.69, 9.17) is 4.98 Å². The van der Waals surface area contributed by atoms with E-state index in [-0.39, 0.29) is 11.9 Å². The first-order valence-corrected chi connectivity index (χ1v) is 12.4. The number of halogens is 1. The fourth-order valence-corrected chi connectivity index (χ4v) is 5.24. The van der Waals surface area contributed by atoms with Crippen molar-refractivity contribution in [3.8, 4) is 0 Å². The third-order valence-electron chi connectivity index (χ3n) is 7.29. The number of β-amino-alcohol motifs (C(OH)–C–C–N with tert-alkyl or cyclic N) is 1. The fraction of sp³-hybridized carbons (Fsp3) is 0.296. The number of aromatic amines is 1. The molecule has 0 radical (unpaired) electrons. The molecular weight excluding hydrogens is 457 g/mol. The van der Waals surface area contributed by atoms with Crippen LogP contribution in [0.15, 0.2) is 61.3 Å².